The summed E-state index contributed by atoms with van der Waals surface area (Å²) in [6.07, 6.45) is 4.89. The van der Waals surface area contributed by atoms with Crippen LogP contribution in [-0.2, 0) is 9.59 Å². The molecule has 2 amide bonds. The molecule has 0 unspecified atom stereocenters. The number of hydrogen-bond donors (Lipinski definition) is 1. The van der Waals surface area contributed by atoms with Gasteiger partial charge in [0, 0.05) is 25.6 Å². The SMILES string of the molecule is CC(C)N1CCC(CNC(=O)CN2CCCCC2=O)CC1. The van der Waals surface area contributed by atoms with Gasteiger partial charge in [0.2, 0.25) is 11.8 Å². The molecule has 0 aliphatic carbocycles. The van der Waals surface area contributed by atoms with Gasteiger partial charge in [-0.05, 0) is 58.5 Å². The van der Waals surface area contributed by atoms with Crippen molar-refractivity contribution < 1.29 is 9.59 Å². The molecule has 0 aromatic rings. The van der Waals surface area contributed by atoms with Crippen LogP contribution < -0.4 is 5.32 Å². The van der Waals surface area contributed by atoms with Crippen LogP contribution in [0, 0.1) is 5.92 Å². The van der Waals surface area contributed by atoms with Gasteiger partial charge in [-0.2, -0.15) is 0 Å². The maximum atomic E-state index is 12.0. The van der Waals surface area contributed by atoms with Gasteiger partial charge in [0.25, 0.3) is 0 Å². The van der Waals surface area contributed by atoms with Crippen LogP contribution in [0.3, 0.4) is 0 Å². The number of amides is 2. The van der Waals surface area contributed by atoms with E-state index in [1.807, 2.05) is 0 Å². The minimum atomic E-state index is -0.00320. The van der Waals surface area contributed by atoms with E-state index in [1.165, 1.54) is 0 Å². The summed E-state index contributed by atoms with van der Waals surface area (Å²) >= 11 is 0. The number of rotatable bonds is 5. The number of carbonyl (C=O) groups is 2. The van der Waals surface area contributed by atoms with Crippen molar-refractivity contribution in [3.63, 3.8) is 0 Å². The minimum Gasteiger partial charge on any atom is -0.354 e. The van der Waals surface area contributed by atoms with Crippen molar-refractivity contribution in [2.24, 2.45) is 5.92 Å². The number of likely N-dealkylation sites (tertiary alicyclic amines) is 2. The van der Waals surface area contributed by atoms with E-state index in [2.05, 4.69) is 24.1 Å². The van der Waals surface area contributed by atoms with Crippen LogP contribution >= 0.6 is 0 Å². The summed E-state index contributed by atoms with van der Waals surface area (Å²) in [6.45, 7) is 8.45. The molecule has 0 saturated carbocycles. The smallest absolute Gasteiger partial charge is 0.239 e. The van der Waals surface area contributed by atoms with E-state index in [4.69, 9.17) is 0 Å². The molecule has 0 radical (unpaired) electrons. The van der Waals surface area contributed by atoms with Crippen molar-refractivity contribution in [1.82, 2.24) is 15.1 Å². The lowest BCUT2D eigenvalue weighted by Crippen LogP contribution is -2.45. The van der Waals surface area contributed by atoms with E-state index in [9.17, 15) is 9.59 Å². The third kappa shape index (κ3) is 4.99. The molecule has 2 aliphatic heterocycles. The van der Waals surface area contributed by atoms with Gasteiger partial charge in [-0.1, -0.05) is 0 Å². The highest BCUT2D eigenvalue weighted by Crippen LogP contribution is 2.18. The van der Waals surface area contributed by atoms with Crippen LogP contribution in [0.25, 0.3) is 0 Å². The molecule has 2 fully saturated rings. The summed E-state index contributed by atoms with van der Waals surface area (Å²) in [7, 11) is 0. The van der Waals surface area contributed by atoms with Crippen molar-refractivity contribution in [2.45, 2.75) is 52.0 Å². The number of hydrogen-bond acceptors (Lipinski definition) is 3. The van der Waals surface area contributed by atoms with Gasteiger partial charge in [-0.3, -0.25) is 9.59 Å². The molecule has 21 heavy (non-hydrogen) atoms. The third-order valence-electron chi connectivity index (χ3n) is 4.72. The lowest BCUT2D eigenvalue weighted by Gasteiger charge is -2.34. The molecular formula is C16H29N3O2. The van der Waals surface area contributed by atoms with Crippen molar-refractivity contribution in [3.8, 4) is 0 Å². The van der Waals surface area contributed by atoms with Gasteiger partial charge in [-0.25, -0.2) is 0 Å². The summed E-state index contributed by atoms with van der Waals surface area (Å²) < 4.78 is 0. The van der Waals surface area contributed by atoms with Crippen LogP contribution in [0.15, 0.2) is 0 Å². The standard InChI is InChI=1S/C16H29N3O2/c1-13(2)18-9-6-14(7-10-18)11-17-15(20)12-19-8-4-3-5-16(19)21/h13-14H,3-12H2,1-2H3,(H,17,20). The molecule has 0 bridgehead atoms. The molecule has 2 heterocycles. The summed E-state index contributed by atoms with van der Waals surface area (Å²) in [5.41, 5.74) is 0. The second-order valence-electron chi connectivity index (χ2n) is 6.65. The first-order valence-electron chi connectivity index (χ1n) is 8.35. The Morgan fingerprint density at radius 2 is 1.95 bits per heavy atom. The fourth-order valence-corrected chi connectivity index (χ4v) is 3.19. The first kappa shape index (κ1) is 16.3. The molecular weight excluding hydrogens is 266 g/mol. The van der Waals surface area contributed by atoms with Crippen molar-refractivity contribution in [1.29, 1.82) is 0 Å². The van der Waals surface area contributed by atoms with E-state index >= 15 is 0 Å². The quantitative estimate of drug-likeness (QED) is 0.830. The van der Waals surface area contributed by atoms with Crippen molar-refractivity contribution >= 4 is 11.8 Å². The van der Waals surface area contributed by atoms with Crippen LogP contribution in [-0.4, -0.2) is 60.4 Å². The predicted molar refractivity (Wildman–Crippen MR) is 82.9 cm³/mol. The average molecular weight is 295 g/mol. The Balaban J connectivity index is 1.64. The zero-order chi connectivity index (χ0) is 15.2. The maximum Gasteiger partial charge on any atom is 0.239 e. The zero-order valence-electron chi connectivity index (χ0n) is 13.4. The lowest BCUT2D eigenvalue weighted by molar-refractivity contribution is -0.137. The fourth-order valence-electron chi connectivity index (χ4n) is 3.19. The van der Waals surface area contributed by atoms with Gasteiger partial charge in [0.05, 0.1) is 6.54 Å². The van der Waals surface area contributed by atoms with E-state index in [-0.39, 0.29) is 18.4 Å². The Morgan fingerprint density at radius 1 is 1.24 bits per heavy atom. The molecule has 5 nitrogen and oxygen atoms in total. The molecule has 120 valence electrons. The Morgan fingerprint density at radius 3 is 2.57 bits per heavy atom. The fraction of sp³-hybridized carbons (Fsp3) is 0.875. The molecule has 2 rings (SSSR count). The summed E-state index contributed by atoms with van der Waals surface area (Å²) in [5, 5.41) is 3.01. The maximum absolute atomic E-state index is 12.0. The Hall–Kier alpha value is -1.10. The van der Waals surface area contributed by atoms with Gasteiger partial charge < -0.3 is 15.1 Å². The van der Waals surface area contributed by atoms with E-state index in [0.29, 0.717) is 18.4 Å². The van der Waals surface area contributed by atoms with Crippen LogP contribution in [0.5, 0.6) is 0 Å². The summed E-state index contributed by atoms with van der Waals surface area (Å²) in [4.78, 5) is 27.8. The summed E-state index contributed by atoms with van der Waals surface area (Å²) in [5.74, 6) is 0.708. The molecule has 0 atom stereocenters. The second-order valence-corrected chi connectivity index (χ2v) is 6.65. The second kappa shape index (κ2) is 7.78. The Kier molecular flexibility index (Phi) is 6.03. The average Bonchev–Trinajstić information content (AvgIpc) is 2.48. The first-order valence-corrected chi connectivity index (χ1v) is 8.35. The minimum absolute atomic E-state index is 0.00320. The molecule has 0 aromatic heterocycles. The summed E-state index contributed by atoms with van der Waals surface area (Å²) in [6, 6.07) is 0.616. The topological polar surface area (TPSA) is 52.7 Å². The monoisotopic (exact) mass is 295 g/mol. The number of nitrogens with zero attached hydrogens (tertiary/aromatic N) is 2. The highest BCUT2D eigenvalue weighted by atomic mass is 16.2. The molecule has 1 N–H and O–H groups in total. The largest absolute Gasteiger partial charge is 0.354 e. The van der Waals surface area contributed by atoms with Crippen LogP contribution in [0.1, 0.15) is 46.0 Å². The Bertz CT molecular complexity index is 363. The third-order valence-corrected chi connectivity index (χ3v) is 4.72. The highest BCUT2D eigenvalue weighted by Gasteiger charge is 2.23. The van der Waals surface area contributed by atoms with E-state index in [1.54, 1.807) is 4.90 Å². The van der Waals surface area contributed by atoms with E-state index in [0.717, 1.165) is 51.9 Å². The highest BCUT2D eigenvalue weighted by molar-refractivity contribution is 5.85. The predicted octanol–water partition coefficient (Wildman–Crippen LogP) is 1.24. The number of carbonyl (C=O) groups excluding carboxylic acids is 2. The van der Waals surface area contributed by atoms with Crippen molar-refractivity contribution in [2.75, 3.05) is 32.7 Å². The van der Waals surface area contributed by atoms with Gasteiger partial charge in [0.15, 0.2) is 0 Å². The zero-order valence-corrected chi connectivity index (χ0v) is 13.4. The van der Waals surface area contributed by atoms with Crippen LogP contribution in [0.2, 0.25) is 0 Å². The molecule has 5 heteroatoms. The molecule has 2 saturated heterocycles. The lowest BCUT2D eigenvalue weighted by atomic mass is 9.96. The number of piperidine rings is 2. The normalized spacial score (nSPS) is 21.9. The first-order chi connectivity index (χ1) is 10.1. The molecule has 0 aromatic carbocycles. The van der Waals surface area contributed by atoms with Gasteiger partial charge in [0.1, 0.15) is 0 Å². The number of nitrogens with one attached hydrogen (secondary N) is 1. The van der Waals surface area contributed by atoms with E-state index < -0.39 is 0 Å². The van der Waals surface area contributed by atoms with Gasteiger partial charge in [-0.15, -0.1) is 0 Å². The van der Waals surface area contributed by atoms with Crippen molar-refractivity contribution in [3.05, 3.63) is 0 Å². The molecule has 2 aliphatic rings. The molecule has 0 spiro atoms. The Labute approximate surface area is 128 Å². The van der Waals surface area contributed by atoms with Crippen LogP contribution in [0.4, 0.5) is 0 Å². The van der Waals surface area contributed by atoms with Gasteiger partial charge >= 0.3 is 0 Å².